The van der Waals surface area contributed by atoms with Crippen molar-refractivity contribution in [1.82, 2.24) is 4.57 Å². The topological polar surface area (TPSA) is 42.2 Å². The van der Waals surface area contributed by atoms with Crippen LogP contribution >= 0.6 is 22.6 Å². The van der Waals surface area contributed by atoms with Gasteiger partial charge in [0, 0.05) is 38.8 Å². The number of hydrogen-bond donors (Lipinski definition) is 1. The number of benzene rings is 1. The van der Waals surface area contributed by atoms with E-state index in [1.54, 1.807) is 22.6 Å². The smallest absolute Gasteiger partial charge is 0.256 e. The third-order valence-corrected chi connectivity index (χ3v) is 3.36. The van der Waals surface area contributed by atoms with Gasteiger partial charge >= 0.3 is 0 Å². The van der Waals surface area contributed by atoms with E-state index in [4.69, 9.17) is 5.11 Å². The number of phenols is 1. The Balaban J connectivity index is 0.00000220. The van der Waals surface area contributed by atoms with Crippen molar-refractivity contribution in [2.24, 2.45) is 0 Å². The average Bonchev–Trinajstić information content (AvgIpc) is 2.36. The van der Waals surface area contributed by atoms with Crippen LogP contribution < -0.4 is 5.56 Å². The van der Waals surface area contributed by atoms with Crippen LogP contribution in [0.15, 0.2) is 29.1 Å². The number of pyridine rings is 1. The van der Waals surface area contributed by atoms with E-state index in [9.17, 15) is 18.0 Å². The molecule has 3 nitrogen and oxygen atoms in total. The molecule has 0 amide bonds. The van der Waals surface area contributed by atoms with Gasteiger partial charge in [-0.3, -0.25) is 4.79 Å². The average molecular weight is 483 g/mol. The van der Waals surface area contributed by atoms with Gasteiger partial charge < -0.3 is 9.67 Å². The number of hydrogen-bond acceptors (Lipinski definition) is 2. The summed E-state index contributed by atoms with van der Waals surface area (Å²) in [5.74, 6) is -1.11. The number of alkyl halides is 2. The summed E-state index contributed by atoms with van der Waals surface area (Å²) in [6.45, 7) is -0.845. The van der Waals surface area contributed by atoms with E-state index in [1.165, 1.54) is 18.2 Å². The normalized spacial score (nSPS) is 10.5. The quantitative estimate of drug-likeness (QED) is 0.540. The van der Waals surface area contributed by atoms with Crippen LogP contribution in [0.25, 0.3) is 11.3 Å². The molecule has 0 bridgehead atoms. The molecule has 1 radical (unpaired) electrons. The fraction of sp³-hybridized carbons (Fsp3) is 0.154. The molecule has 2 rings (SSSR count). The van der Waals surface area contributed by atoms with Crippen molar-refractivity contribution >= 4 is 22.6 Å². The van der Waals surface area contributed by atoms with E-state index >= 15 is 0 Å². The third kappa shape index (κ3) is 4.29. The molecular weight excluding hydrogens is 475 g/mol. The fourth-order valence-corrected chi connectivity index (χ4v) is 2.18. The zero-order chi connectivity index (χ0) is 14.9. The molecule has 8 heteroatoms. The van der Waals surface area contributed by atoms with Gasteiger partial charge in [-0.15, -0.1) is 28.7 Å². The van der Waals surface area contributed by atoms with Gasteiger partial charge in [0.05, 0.1) is 12.4 Å². The number of phenolic OH excluding ortho intramolecular Hbond substituents is 1. The Hall–Kier alpha value is -0.406. The van der Waals surface area contributed by atoms with Gasteiger partial charge in [0.1, 0.15) is 5.75 Å². The maximum atomic E-state index is 13.8. The number of nitrogens with zero attached hydrogens (tertiary/aromatic N) is 1. The van der Waals surface area contributed by atoms with Gasteiger partial charge in [-0.05, 0) is 9.64 Å². The molecule has 1 aromatic heterocycles. The number of halogens is 4. The molecule has 109 valence electrons. The summed E-state index contributed by atoms with van der Waals surface area (Å²) in [5.41, 5.74) is -0.780. The van der Waals surface area contributed by atoms with Gasteiger partial charge in [0.25, 0.3) is 6.43 Å². The molecule has 0 saturated heterocycles. The second kappa shape index (κ2) is 7.73. The Labute approximate surface area is 157 Å². The number of aromatic nitrogens is 1. The molecule has 0 spiro atoms. The Kier molecular flexibility index (Phi) is 6.87. The summed E-state index contributed by atoms with van der Waals surface area (Å²) in [6, 6.07) is 7.21. The van der Waals surface area contributed by atoms with E-state index in [2.05, 4.69) is 6.07 Å². The SMILES string of the molecule is O=c1c(I)c[c-]c(-c2ccc(O)cc2F)n1CC(F)F.[Y]. The predicted molar refractivity (Wildman–Crippen MR) is 75.3 cm³/mol. The van der Waals surface area contributed by atoms with Crippen LogP contribution in [-0.4, -0.2) is 16.1 Å². The summed E-state index contributed by atoms with van der Waals surface area (Å²) >= 11 is 1.70. The van der Waals surface area contributed by atoms with Crippen LogP contribution in [0.2, 0.25) is 0 Å². The van der Waals surface area contributed by atoms with Crippen LogP contribution in [0.3, 0.4) is 0 Å². The molecule has 0 atom stereocenters. The molecule has 0 unspecified atom stereocenters. The Bertz CT molecular complexity index is 706. The Morgan fingerprint density at radius 3 is 2.62 bits per heavy atom. The summed E-state index contributed by atoms with van der Waals surface area (Å²) in [6.07, 6.45) is -2.75. The first-order valence-electron chi connectivity index (χ1n) is 5.48. The maximum Gasteiger partial charge on any atom is 0.256 e. The zero-order valence-corrected chi connectivity index (χ0v) is 15.5. The van der Waals surface area contributed by atoms with Gasteiger partial charge in [0.2, 0.25) is 5.56 Å². The minimum Gasteiger partial charge on any atom is -0.508 e. The standard InChI is InChI=1S/C13H8F3INO2.Y/c14-9-5-7(19)1-2-8(9)11-4-3-10(17)13(20)18(11)6-12(15)16;/h1-3,5,12,19H,6H2;/q-1;. The van der Waals surface area contributed by atoms with Crippen LogP contribution in [0.4, 0.5) is 13.2 Å². The Morgan fingerprint density at radius 1 is 1.38 bits per heavy atom. The first-order valence-corrected chi connectivity index (χ1v) is 6.56. The van der Waals surface area contributed by atoms with Gasteiger partial charge in [-0.25, -0.2) is 13.2 Å². The second-order valence-corrected chi connectivity index (χ2v) is 5.12. The minimum atomic E-state index is -2.75. The van der Waals surface area contributed by atoms with Crippen LogP contribution in [-0.2, 0) is 39.3 Å². The molecule has 1 heterocycles. The second-order valence-electron chi connectivity index (χ2n) is 3.96. The molecular formula is C13H8F3INO2Y-. The summed E-state index contributed by atoms with van der Waals surface area (Å²) in [4.78, 5) is 11.9. The van der Waals surface area contributed by atoms with E-state index in [-0.39, 0.29) is 53.3 Å². The largest absolute Gasteiger partial charge is 0.508 e. The van der Waals surface area contributed by atoms with E-state index in [0.29, 0.717) is 0 Å². The van der Waals surface area contributed by atoms with Gasteiger partial charge in [-0.2, -0.15) is 12.1 Å². The molecule has 0 aliphatic heterocycles. The van der Waals surface area contributed by atoms with E-state index in [0.717, 1.165) is 10.6 Å². The van der Waals surface area contributed by atoms with Crippen LogP contribution in [0.5, 0.6) is 5.75 Å². The maximum absolute atomic E-state index is 13.8. The van der Waals surface area contributed by atoms with E-state index < -0.39 is 24.3 Å². The van der Waals surface area contributed by atoms with Crippen molar-refractivity contribution in [1.29, 1.82) is 0 Å². The summed E-state index contributed by atoms with van der Waals surface area (Å²) in [5, 5.41) is 9.16. The van der Waals surface area contributed by atoms with Crippen molar-refractivity contribution in [3.8, 4) is 17.0 Å². The molecule has 0 aliphatic carbocycles. The third-order valence-electron chi connectivity index (χ3n) is 2.58. The molecule has 21 heavy (non-hydrogen) atoms. The van der Waals surface area contributed by atoms with Crippen molar-refractivity contribution in [2.45, 2.75) is 13.0 Å². The number of aromatic hydroxyl groups is 1. The Morgan fingerprint density at radius 2 is 2.05 bits per heavy atom. The first-order chi connectivity index (χ1) is 9.40. The van der Waals surface area contributed by atoms with Crippen LogP contribution in [0.1, 0.15) is 0 Å². The van der Waals surface area contributed by atoms with E-state index in [1.807, 2.05) is 0 Å². The molecule has 1 N–H and O–H groups in total. The minimum absolute atomic E-state index is 0. The predicted octanol–water partition coefficient (Wildman–Crippen LogP) is 3.03. The van der Waals surface area contributed by atoms with Crippen molar-refractivity contribution < 1.29 is 51.0 Å². The molecule has 0 saturated carbocycles. The van der Waals surface area contributed by atoms with Crippen LogP contribution in [0, 0.1) is 15.5 Å². The first kappa shape index (κ1) is 18.6. The molecule has 0 aliphatic rings. The van der Waals surface area contributed by atoms with Gasteiger partial charge in [-0.1, -0.05) is 11.3 Å². The van der Waals surface area contributed by atoms with Crippen molar-refractivity contribution in [2.75, 3.05) is 0 Å². The zero-order valence-electron chi connectivity index (χ0n) is 10.5. The van der Waals surface area contributed by atoms with Crippen molar-refractivity contribution in [3.05, 3.63) is 50.1 Å². The fourth-order valence-electron chi connectivity index (χ4n) is 1.73. The summed E-state index contributed by atoms with van der Waals surface area (Å²) < 4.78 is 40.0. The van der Waals surface area contributed by atoms with Crippen molar-refractivity contribution in [3.63, 3.8) is 0 Å². The monoisotopic (exact) mass is 483 g/mol. The number of rotatable bonds is 3. The molecule has 0 fully saturated rings. The van der Waals surface area contributed by atoms with Gasteiger partial charge in [0.15, 0.2) is 0 Å². The molecule has 2 aromatic rings. The summed E-state index contributed by atoms with van der Waals surface area (Å²) in [7, 11) is 0. The molecule has 1 aromatic carbocycles.